The molecule has 0 N–H and O–H groups in total. The lowest BCUT2D eigenvalue weighted by Crippen LogP contribution is -1.96. The second-order valence-electron chi connectivity index (χ2n) is 4.92. The van der Waals surface area contributed by atoms with Crippen LogP contribution in [0, 0.1) is 6.92 Å². The van der Waals surface area contributed by atoms with Crippen LogP contribution < -0.4 is 9.47 Å². The largest absolute Gasteiger partial charge is 0.496 e. The molecule has 0 unspecified atom stereocenters. The van der Waals surface area contributed by atoms with E-state index in [4.69, 9.17) is 14.0 Å². The van der Waals surface area contributed by atoms with E-state index in [-0.39, 0.29) is 0 Å². The van der Waals surface area contributed by atoms with Gasteiger partial charge in [-0.2, -0.15) is 4.98 Å². The van der Waals surface area contributed by atoms with E-state index in [1.807, 2.05) is 42.5 Å². The maximum Gasteiger partial charge on any atom is 0.223 e. The lowest BCUT2D eigenvalue weighted by atomic mass is 10.2. The van der Waals surface area contributed by atoms with Crippen LogP contribution in [-0.2, 0) is 6.61 Å². The molecule has 0 aliphatic rings. The number of hydrogen-bond acceptors (Lipinski definition) is 5. The quantitative estimate of drug-likeness (QED) is 0.662. The van der Waals surface area contributed by atoms with Gasteiger partial charge >= 0.3 is 0 Å². The first-order valence-corrected chi connectivity index (χ1v) is 7.81. The number of rotatable bonds is 5. The first-order valence-electron chi connectivity index (χ1n) is 7.01. The van der Waals surface area contributed by atoms with E-state index in [1.165, 1.54) is 0 Å². The molecule has 3 aromatic rings. The molecule has 1 heterocycles. The van der Waals surface area contributed by atoms with Gasteiger partial charge in [0, 0.05) is 12.5 Å². The van der Waals surface area contributed by atoms with Gasteiger partial charge in [-0.05, 0) is 57.9 Å². The highest BCUT2D eigenvalue weighted by molar-refractivity contribution is 9.10. The fourth-order valence-electron chi connectivity index (χ4n) is 2.08. The number of ether oxygens (including phenoxy) is 2. The van der Waals surface area contributed by atoms with Crippen molar-refractivity contribution in [3.63, 3.8) is 0 Å². The zero-order valence-corrected chi connectivity index (χ0v) is 14.3. The molecule has 0 spiro atoms. The lowest BCUT2D eigenvalue weighted by molar-refractivity contribution is 0.306. The van der Waals surface area contributed by atoms with Gasteiger partial charge in [-0.1, -0.05) is 11.2 Å². The number of benzene rings is 2. The van der Waals surface area contributed by atoms with E-state index in [0.29, 0.717) is 18.3 Å². The molecule has 0 bridgehead atoms. The average molecular weight is 375 g/mol. The third-order valence-corrected chi connectivity index (χ3v) is 3.88. The van der Waals surface area contributed by atoms with Gasteiger partial charge in [0.15, 0.2) is 0 Å². The average Bonchev–Trinajstić information content (AvgIpc) is 3.00. The van der Waals surface area contributed by atoms with Gasteiger partial charge in [0.25, 0.3) is 0 Å². The van der Waals surface area contributed by atoms with E-state index >= 15 is 0 Å². The van der Waals surface area contributed by atoms with Gasteiger partial charge in [0.05, 0.1) is 11.6 Å². The molecule has 0 atom stereocenters. The summed E-state index contributed by atoms with van der Waals surface area (Å²) in [7, 11) is 1.64. The molecule has 23 heavy (non-hydrogen) atoms. The van der Waals surface area contributed by atoms with Crippen molar-refractivity contribution >= 4 is 15.9 Å². The Bertz CT molecular complexity index is 800. The molecule has 0 aliphatic carbocycles. The molecule has 0 radical (unpaired) electrons. The Balaban J connectivity index is 1.65. The second-order valence-corrected chi connectivity index (χ2v) is 5.77. The summed E-state index contributed by atoms with van der Waals surface area (Å²) in [4.78, 5) is 4.19. The van der Waals surface area contributed by atoms with Crippen molar-refractivity contribution in [3.05, 3.63) is 58.4 Å². The number of hydrogen-bond donors (Lipinski definition) is 0. The van der Waals surface area contributed by atoms with Crippen molar-refractivity contribution in [2.45, 2.75) is 13.5 Å². The van der Waals surface area contributed by atoms with Crippen LogP contribution in [-0.4, -0.2) is 17.3 Å². The molecule has 0 aliphatic heterocycles. The van der Waals surface area contributed by atoms with Crippen LogP contribution in [0.2, 0.25) is 0 Å². The monoisotopic (exact) mass is 374 g/mol. The van der Waals surface area contributed by atoms with Crippen LogP contribution >= 0.6 is 15.9 Å². The van der Waals surface area contributed by atoms with Gasteiger partial charge in [0.2, 0.25) is 11.7 Å². The summed E-state index contributed by atoms with van der Waals surface area (Å²) in [6.45, 7) is 2.24. The predicted molar refractivity (Wildman–Crippen MR) is 89.5 cm³/mol. The van der Waals surface area contributed by atoms with Crippen LogP contribution in [0.4, 0.5) is 0 Å². The Hall–Kier alpha value is -2.34. The SMILES string of the molecule is COc1ccc(COc2ccc(-c3noc(C)n3)cc2)cc1Br. The van der Waals surface area contributed by atoms with Crippen molar-refractivity contribution in [2.24, 2.45) is 0 Å². The van der Waals surface area contributed by atoms with Gasteiger partial charge in [-0.15, -0.1) is 0 Å². The Labute approximate surface area is 142 Å². The molecular weight excluding hydrogens is 360 g/mol. The molecule has 0 saturated carbocycles. The third-order valence-electron chi connectivity index (χ3n) is 3.26. The molecule has 0 saturated heterocycles. The zero-order chi connectivity index (χ0) is 16.2. The molecule has 0 fully saturated rings. The summed E-state index contributed by atoms with van der Waals surface area (Å²) in [5.41, 5.74) is 1.94. The Morgan fingerprint density at radius 2 is 1.91 bits per heavy atom. The van der Waals surface area contributed by atoms with Crippen LogP contribution in [0.1, 0.15) is 11.5 Å². The highest BCUT2D eigenvalue weighted by Crippen LogP contribution is 2.26. The minimum Gasteiger partial charge on any atom is -0.496 e. The van der Waals surface area contributed by atoms with E-state index in [9.17, 15) is 0 Å². The van der Waals surface area contributed by atoms with E-state index < -0.39 is 0 Å². The van der Waals surface area contributed by atoms with Crippen LogP contribution in [0.25, 0.3) is 11.4 Å². The lowest BCUT2D eigenvalue weighted by Gasteiger charge is -2.09. The summed E-state index contributed by atoms with van der Waals surface area (Å²) in [5, 5.41) is 3.89. The van der Waals surface area contributed by atoms with Crippen LogP contribution in [0.3, 0.4) is 0 Å². The summed E-state index contributed by atoms with van der Waals surface area (Å²) < 4.78 is 16.9. The predicted octanol–water partition coefficient (Wildman–Crippen LogP) is 4.40. The van der Waals surface area contributed by atoms with Crippen LogP contribution in [0.15, 0.2) is 51.5 Å². The number of aromatic nitrogens is 2. The number of methoxy groups -OCH3 is 1. The van der Waals surface area contributed by atoms with E-state index in [1.54, 1.807) is 14.0 Å². The van der Waals surface area contributed by atoms with Gasteiger partial charge in [0.1, 0.15) is 18.1 Å². The van der Waals surface area contributed by atoms with Crippen molar-refractivity contribution in [1.29, 1.82) is 0 Å². The molecule has 0 amide bonds. The fraction of sp³-hybridized carbons (Fsp3) is 0.176. The van der Waals surface area contributed by atoms with Gasteiger partial charge in [-0.25, -0.2) is 0 Å². The maximum atomic E-state index is 5.79. The van der Waals surface area contributed by atoms with Gasteiger partial charge < -0.3 is 14.0 Å². The fourth-order valence-corrected chi connectivity index (χ4v) is 2.67. The standard InChI is InChI=1S/C17H15BrN2O3/c1-11-19-17(20-23-11)13-4-6-14(7-5-13)22-10-12-3-8-16(21-2)15(18)9-12/h3-9H,10H2,1-2H3. The highest BCUT2D eigenvalue weighted by Gasteiger charge is 2.06. The molecule has 118 valence electrons. The number of halogens is 1. The number of aryl methyl sites for hydroxylation is 1. The Morgan fingerprint density at radius 1 is 1.13 bits per heavy atom. The maximum absolute atomic E-state index is 5.79. The third kappa shape index (κ3) is 3.71. The minimum atomic E-state index is 0.475. The van der Waals surface area contributed by atoms with E-state index in [2.05, 4.69) is 26.1 Å². The van der Waals surface area contributed by atoms with E-state index in [0.717, 1.165) is 27.1 Å². The topological polar surface area (TPSA) is 57.4 Å². The molecule has 1 aromatic heterocycles. The van der Waals surface area contributed by atoms with Crippen molar-refractivity contribution in [3.8, 4) is 22.9 Å². The summed E-state index contributed by atoms with van der Waals surface area (Å²) in [6.07, 6.45) is 0. The second kappa shape index (κ2) is 6.83. The first kappa shape index (κ1) is 15.6. The molecule has 3 rings (SSSR count). The van der Waals surface area contributed by atoms with Crippen molar-refractivity contribution in [1.82, 2.24) is 10.1 Å². The molecule has 2 aromatic carbocycles. The Morgan fingerprint density at radius 3 is 2.52 bits per heavy atom. The molecular formula is C17H15BrN2O3. The summed E-state index contributed by atoms with van der Waals surface area (Å²) >= 11 is 3.47. The molecule has 5 nitrogen and oxygen atoms in total. The Kier molecular flexibility index (Phi) is 4.62. The minimum absolute atomic E-state index is 0.475. The van der Waals surface area contributed by atoms with Crippen molar-refractivity contribution < 1.29 is 14.0 Å². The summed E-state index contributed by atoms with van der Waals surface area (Å²) in [6, 6.07) is 13.5. The molecule has 6 heteroatoms. The summed E-state index contributed by atoms with van der Waals surface area (Å²) in [5.74, 6) is 2.70. The zero-order valence-electron chi connectivity index (χ0n) is 12.7. The van der Waals surface area contributed by atoms with Crippen molar-refractivity contribution in [2.75, 3.05) is 7.11 Å². The van der Waals surface area contributed by atoms with Crippen LogP contribution in [0.5, 0.6) is 11.5 Å². The first-order chi connectivity index (χ1) is 11.2. The van der Waals surface area contributed by atoms with Gasteiger partial charge in [-0.3, -0.25) is 0 Å². The highest BCUT2D eigenvalue weighted by atomic mass is 79.9. The number of nitrogens with zero attached hydrogens (tertiary/aromatic N) is 2. The smallest absolute Gasteiger partial charge is 0.223 e. The normalized spacial score (nSPS) is 10.6.